The predicted octanol–water partition coefficient (Wildman–Crippen LogP) is 2.42. The third-order valence-corrected chi connectivity index (χ3v) is 3.60. The second kappa shape index (κ2) is 7.16. The van der Waals surface area contributed by atoms with Crippen LogP contribution in [0.3, 0.4) is 0 Å². The van der Waals surface area contributed by atoms with Crippen LogP contribution in [0.4, 0.5) is 17.6 Å². The summed E-state index contributed by atoms with van der Waals surface area (Å²) in [5.41, 5.74) is -1.12. The Kier molecular flexibility index (Phi) is 5.43. The van der Waals surface area contributed by atoms with Gasteiger partial charge in [-0.15, -0.1) is 0 Å². The monoisotopic (exact) mass is 349 g/mol. The molecule has 5 nitrogen and oxygen atoms in total. The number of hydrogen-bond donors (Lipinski definition) is 1. The number of carbonyl (C=O) groups excluding carboxylic acids is 1. The molecule has 132 valence electrons. The molecular formula is C15H15F4NO4. The van der Waals surface area contributed by atoms with Gasteiger partial charge in [0.1, 0.15) is 0 Å². The quantitative estimate of drug-likeness (QED) is 0.848. The van der Waals surface area contributed by atoms with E-state index in [1.165, 1.54) is 0 Å². The van der Waals surface area contributed by atoms with Gasteiger partial charge in [-0.05, 0) is 17.7 Å². The predicted molar refractivity (Wildman–Crippen MR) is 73.9 cm³/mol. The lowest BCUT2D eigenvalue weighted by Crippen LogP contribution is -2.47. The van der Waals surface area contributed by atoms with Gasteiger partial charge in [0.2, 0.25) is 6.17 Å². The van der Waals surface area contributed by atoms with Crippen molar-refractivity contribution in [2.24, 2.45) is 0 Å². The van der Waals surface area contributed by atoms with Crippen LogP contribution in [0.25, 0.3) is 0 Å². The summed E-state index contributed by atoms with van der Waals surface area (Å²) in [6, 6.07) is 3.25. The van der Waals surface area contributed by atoms with E-state index in [0.29, 0.717) is 12.1 Å². The van der Waals surface area contributed by atoms with Gasteiger partial charge in [0, 0.05) is 13.1 Å². The average molecular weight is 349 g/mol. The number of nitrogens with zero attached hydrogens (tertiary/aromatic N) is 1. The molecule has 24 heavy (non-hydrogen) atoms. The van der Waals surface area contributed by atoms with Crippen molar-refractivity contribution in [3.8, 4) is 0 Å². The average Bonchev–Trinajstić information content (AvgIpc) is 2.52. The Morgan fingerprint density at radius 3 is 2.46 bits per heavy atom. The van der Waals surface area contributed by atoms with E-state index in [1.54, 1.807) is 0 Å². The molecule has 2 rings (SSSR count). The molecule has 0 aromatic heterocycles. The van der Waals surface area contributed by atoms with Gasteiger partial charge in [0.25, 0.3) is 5.91 Å². The molecule has 1 N–H and O–H groups in total. The number of carbonyl (C=O) groups is 2. The van der Waals surface area contributed by atoms with E-state index >= 15 is 0 Å². The molecule has 1 aliphatic heterocycles. The Hall–Kier alpha value is -2.16. The number of ether oxygens (including phenoxy) is 1. The molecule has 1 amide bonds. The number of carboxylic acid groups (broad SMARTS) is 1. The van der Waals surface area contributed by atoms with E-state index in [0.717, 1.165) is 17.0 Å². The van der Waals surface area contributed by atoms with Crippen LogP contribution in [0.1, 0.15) is 23.7 Å². The minimum atomic E-state index is -4.54. The second-order valence-electron chi connectivity index (χ2n) is 5.36. The Morgan fingerprint density at radius 1 is 1.29 bits per heavy atom. The third-order valence-electron chi connectivity index (χ3n) is 3.60. The van der Waals surface area contributed by atoms with Crippen LogP contribution < -0.4 is 0 Å². The largest absolute Gasteiger partial charge is 0.481 e. The number of halogens is 4. The van der Waals surface area contributed by atoms with Crippen LogP contribution in [0.15, 0.2) is 24.3 Å². The van der Waals surface area contributed by atoms with Gasteiger partial charge in [-0.3, -0.25) is 9.59 Å². The zero-order valence-electron chi connectivity index (χ0n) is 12.4. The standard InChI is InChI=1S/C15H15F4NO4/c16-13(9-1-3-10(4-2-9)15(17,18)19)14(23)20-5-6-24-11(8-20)7-12(21)22/h1-4,11,13H,5-8H2,(H,21,22). The van der Waals surface area contributed by atoms with Crippen molar-refractivity contribution < 1.29 is 37.0 Å². The summed E-state index contributed by atoms with van der Waals surface area (Å²) < 4.78 is 56.9. The number of amides is 1. The molecule has 1 fully saturated rings. The van der Waals surface area contributed by atoms with Crippen molar-refractivity contribution in [3.05, 3.63) is 35.4 Å². The highest BCUT2D eigenvalue weighted by molar-refractivity contribution is 5.82. The molecule has 1 aromatic carbocycles. The molecule has 0 spiro atoms. The molecule has 0 saturated carbocycles. The smallest absolute Gasteiger partial charge is 0.416 e. The Bertz CT molecular complexity index is 602. The maximum atomic E-state index is 14.3. The second-order valence-corrected chi connectivity index (χ2v) is 5.36. The van der Waals surface area contributed by atoms with Gasteiger partial charge in [-0.25, -0.2) is 4.39 Å². The molecule has 0 bridgehead atoms. The van der Waals surface area contributed by atoms with Crippen molar-refractivity contribution in [3.63, 3.8) is 0 Å². The number of alkyl halides is 4. The highest BCUT2D eigenvalue weighted by Crippen LogP contribution is 2.31. The van der Waals surface area contributed by atoms with Gasteiger partial charge in [-0.2, -0.15) is 13.2 Å². The summed E-state index contributed by atoms with van der Waals surface area (Å²) in [7, 11) is 0. The van der Waals surface area contributed by atoms with Gasteiger partial charge in [0.05, 0.1) is 24.7 Å². The Labute approximate surface area is 134 Å². The number of carboxylic acids is 1. The van der Waals surface area contributed by atoms with E-state index in [-0.39, 0.29) is 31.7 Å². The summed E-state index contributed by atoms with van der Waals surface area (Å²) >= 11 is 0. The van der Waals surface area contributed by atoms with Crippen LogP contribution in [0.2, 0.25) is 0 Å². The maximum absolute atomic E-state index is 14.3. The Balaban J connectivity index is 2.04. The van der Waals surface area contributed by atoms with Crippen LogP contribution in [-0.4, -0.2) is 47.7 Å². The zero-order valence-corrected chi connectivity index (χ0v) is 12.4. The number of rotatable bonds is 4. The van der Waals surface area contributed by atoms with E-state index in [1.807, 2.05) is 0 Å². The van der Waals surface area contributed by atoms with Crippen molar-refractivity contribution in [1.82, 2.24) is 4.90 Å². The molecule has 1 saturated heterocycles. The summed E-state index contributed by atoms with van der Waals surface area (Å²) in [6.45, 7) is 0.0889. The van der Waals surface area contributed by atoms with Crippen LogP contribution in [0.5, 0.6) is 0 Å². The third kappa shape index (κ3) is 4.44. The fourth-order valence-corrected chi connectivity index (χ4v) is 2.38. The number of morpholine rings is 1. The first-order chi connectivity index (χ1) is 11.2. The highest BCUT2D eigenvalue weighted by atomic mass is 19.4. The van der Waals surface area contributed by atoms with E-state index < -0.39 is 35.9 Å². The molecule has 1 heterocycles. The number of benzene rings is 1. The minimum absolute atomic E-state index is 0.0728. The summed E-state index contributed by atoms with van der Waals surface area (Å²) in [5, 5.41) is 8.72. The molecular weight excluding hydrogens is 334 g/mol. The van der Waals surface area contributed by atoms with Crippen LogP contribution in [-0.2, 0) is 20.5 Å². The van der Waals surface area contributed by atoms with E-state index in [2.05, 4.69) is 0 Å². The van der Waals surface area contributed by atoms with Crippen molar-refractivity contribution in [2.75, 3.05) is 19.7 Å². The van der Waals surface area contributed by atoms with E-state index in [9.17, 15) is 27.2 Å². The Morgan fingerprint density at radius 2 is 1.92 bits per heavy atom. The van der Waals surface area contributed by atoms with E-state index in [4.69, 9.17) is 9.84 Å². The maximum Gasteiger partial charge on any atom is 0.416 e. The highest BCUT2D eigenvalue weighted by Gasteiger charge is 2.33. The summed E-state index contributed by atoms with van der Waals surface area (Å²) in [5.74, 6) is -2.03. The SMILES string of the molecule is O=C(O)CC1CN(C(=O)C(F)c2ccc(C(F)(F)F)cc2)CCO1. The summed E-state index contributed by atoms with van der Waals surface area (Å²) in [4.78, 5) is 23.9. The summed E-state index contributed by atoms with van der Waals surface area (Å²) in [6.07, 6.45) is -7.71. The van der Waals surface area contributed by atoms with Crippen molar-refractivity contribution >= 4 is 11.9 Å². The molecule has 2 unspecified atom stereocenters. The van der Waals surface area contributed by atoms with Gasteiger partial charge in [0.15, 0.2) is 0 Å². The van der Waals surface area contributed by atoms with Crippen LogP contribution >= 0.6 is 0 Å². The molecule has 9 heteroatoms. The van der Waals surface area contributed by atoms with Gasteiger partial charge in [-0.1, -0.05) is 12.1 Å². The minimum Gasteiger partial charge on any atom is -0.481 e. The first-order valence-corrected chi connectivity index (χ1v) is 7.12. The molecule has 2 atom stereocenters. The molecule has 0 radical (unpaired) electrons. The molecule has 0 aliphatic carbocycles. The first kappa shape index (κ1) is 18.2. The lowest BCUT2D eigenvalue weighted by atomic mass is 10.1. The number of hydrogen-bond acceptors (Lipinski definition) is 3. The van der Waals surface area contributed by atoms with Crippen molar-refractivity contribution in [2.45, 2.75) is 24.9 Å². The van der Waals surface area contributed by atoms with Gasteiger partial charge < -0.3 is 14.7 Å². The fourth-order valence-electron chi connectivity index (χ4n) is 2.38. The van der Waals surface area contributed by atoms with Crippen LogP contribution in [0, 0.1) is 0 Å². The molecule has 1 aromatic rings. The number of aliphatic carboxylic acids is 1. The topological polar surface area (TPSA) is 66.8 Å². The van der Waals surface area contributed by atoms with Gasteiger partial charge >= 0.3 is 12.1 Å². The molecule has 1 aliphatic rings. The fraction of sp³-hybridized carbons (Fsp3) is 0.467. The normalized spacial score (nSPS) is 19.8. The lowest BCUT2D eigenvalue weighted by Gasteiger charge is -2.33. The first-order valence-electron chi connectivity index (χ1n) is 7.12. The van der Waals surface area contributed by atoms with Crippen molar-refractivity contribution in [1.29, 1.82) is 0 Å². The lowest BCUT2D eigenvalue weighted by molar-refractivity contribution is -0.150. The zero-order chi connectivity index (χ0) is 17.9.